The van der Waals surface area contributed by atoms with Gasteiger partial charge in [-0.1, -0.05) is 36.8 Å². The van der Waals surface area contributed by atoms with Crippen molar-refractivity contribution >= 4 is 6.08 Å². The minimum absolute atomic E-state index is 0.147. The van der Waals surface area contributed by atoms with Crippen molar-refractivity contribution in [3.05, 3.63) is 88.5 Å². The van der Waals surface area contributed by atoms with Crippen LogP contribution in [0.1, 0.15) is 48.8 Å². The Bertz CT molecular complexity index is 1040. The van der Waals surface area contributed by atoms with Crippen LogP contribution in [0.2, 0.25) is 0 Å². The van der Waals surface area contributed by atoms with Crippen LogP contribution >= 0.6 is 0 Å². The standard InChI is InChI=1S/C24H25FN2O/c1-16-6-4-5-7-21(16)23(28)14-24(3)13-18-15-26-27(22(18)12-17(24)2)20-10-8-19(25)9-11-20/h4-12,15,23,28H,13-14H2,1-3H3/t23?,24-/m0/s1. The third-order valence-electron chi connectivity index (χ3n) is 6.03. The summed E-state index contributed by atoms with van der Waals surface area (Å²) < 4.78 is 15.1. The predicted molar refractivity (Wildman–Crippen MR) is 110 cm³/mol. The van der Waals surface area contributed by atoms with E-state index >= 15 is 0 Å². The Morgan fingerprint density at radius 2 is 1.86 bits per heavy atom. The van der Waals surface area contributed by atoms with Gasteiger partial charge < -0.3 is 5.11 Å². The van der Waals surface area contributed by atoms with Gasteiger partial charge in [-0.25, -0.2) is 9.07 Å². The summed E-state index contributed by atoms with van der Waals surface area (Å²) in [6.45, 7) is 6.36. The second-order valence-corrected chi connectivity index (χ2v) is 8.08. The Hall–Kier alpha value is -2.72. The van der Waals surface area contributed by atoms with E-state index in [0.29, 0.717) is 6.42 Å². The van der Waals surface area contributed by atoms with Gasteiger partial charge in [0.15, 0.2) is 0 Å². The van der Waals surface area contributed by atoms with Crippen molar-refractivity contribution in [3.8, 4) is 5.69 Å². The molecular weight excluding hydrogens is 351 g/mol. The number of rotatable bonds is 4. The Morgan fingerprint density at radius 3 is 2.57 bits per heavy atom. The number of allylic oxidation sites excluding steroid dienone is 1. The third kappa shape index (κ3) is 3.29. The van der Waals surface area contributed by atoms with Gasteiger partial charge in [-0.2, -0.15) is 5.10 Å². The molecule has 3 nitrogen and oxygen atoms in total. The largest absolute Gasteiger partial charge is 0.388 e. The first kappa shape index (κ1) is 18.6. The first-order valence-corrected chi connectivity index (χ1v) is 9.62. The molecule has 0 aliphatic heterocycles. The molecular formula is C24H25FN2O. The Morgan fingerprint density at radius 1 is 1.14 bits per heavy atom. The highest BCUT2D eigenvalue weighted by atomic mass is 19.1. The van der Waals surface area contributed by atoms with E-state index in [1.54, 1.807) is 12.1 Å². The maximum atomic E-state index is 13.3. The molecule has 1 aliphatic carbocycles. The number of hydrogen-bond acceptors (Lipinski definition) is 2. The zero-order valence-corrected chi connectivity index (χ0v) is 16.5. The molecule has 0 spiro atoms. The van der Waals surface area contributed by atoms with E-state index in [0.717, 1.165) is 34.5 Å². The van der Waals surface area contributed by atoms with Gasteiger partial charge in [-0.15, -0.1) is 0 Å². The van der Waals surface area contributed by atoms with Crippen LogP contribution in [0.25, 0.3) is 11.8 Å². The first-order chi connectivity index (χ1) is 13.4. The molecule has 2 aromatic carbocycles. The van der Waals surface area contributed by atoms with Gasteiger partial charge in [0.1, 0.15) is 5.82 Å². The molecule has 4 heteroatoms. The number of nitrogens with zero attached hydrogens (tertiary/aromatic N) is 2. The summed E-state index contributed by atoms with van der Waals surface area (Å²) in [7, 11) is 0. The number of aliphatic hydroxyl groups is 1. The fourth-order valence-corrected chi connectivity index (χ4v) is 4.14. The average molecular weight is 376 g/mol. The molecule has 0 saturated carbocycles. The molecule has 28 heavy (non-hydrogen) atoms. The Kier molecular flexibility index (Phi) is 4.68. The van der Waals surface area contributed by atoms with Gasteiger partial charge in [0, 0.05) is 0 Å². The highest BCUT2D eigenvalue weighted by Crippen LogP contribution is 2.44. The van der Waals surface area contributed by atoms with Gasteiger partial charge in [0.2, 0.25) is 0 Å². The molecule has 0 saturated heterocycles. The second kappa shape index (κ2) is 7.02. The van der Waals surface area contributed by atoms with Gasteiger partial charge in [-0.05, 0) is 79.1 Å². The van der Waals surface area contributed by atoms with Crippen molar-refractivity contribution in [1.29, 1.82) is 0 Å². The van der Waals surface area contributed by atoms with Crippen LogP contribution in [0, 0.1) is 18.2 Å². The molecule has 1 heterocycles. The molecule has 144 valence electrons. The topological polar surface area (TPSA) is 38.0 Å². The highest BCUT2D eigenvalue weighted by Gasteiger charge is 2.35. The summed E-state index contributed by atoms with van der Waals surface area (Å²) >= 11 is 0. The zero-order valence-electron chi connectivity index (χ0n) is 16.5. The second-order valence-electron chi connectivity index (χ2n) is 8.08. The minimum Gasteiger partial charge on any atom is -0.388 e. The number of aliphatic hydroxyl groups excluding tert-OH is 1. The van der Waals surface area contributed by atoms with E-state index in [-0.39, 0.29) is 11.2 Å². The van der Waals surface area contributed by atoms with E-state index in [4.69, 9.17) is 0 Å². The van der Waals surface area contributed by atoms with Crippen molar-refractivity contribution < 1.29 is 9.50 Å². The molecule has 4 rings (SSSR count). The number of benzene rings is 2. The van der Waals surface area contributed by atoms with Crippen molar-refractivity contribution in [2.24, 2.45) is 5.41 Å². The summed E-state index contributed by atoms with van der Waals surface area (Å²) in [5.41, 5.74) is 6.20. The zero-order chi connectivity index (χ0) is 19.9. The SMILES string of the molecule is CC1=Cc2c(cnn2-c2ccc(F)cc2)C[C@@]1(C)CC(O)c1ccccc1C. The smallest absolute Gasteiger partial charge is 0.123 e. The lowest BCUT2D eigenvalue weighted by Crippen LogP contribution is -2.27. The highest BCUT2D eigenvalue weighted by molar-refractivity contribution is 5.60. The van der Waals surface area contributed by atoms with Gasteiger partial charge in [0.25, 0.3) is 0 Å². The van der Waals surface area contributed by atoms with E-state index < -0.39 is 6.10 Å². The normalized spacial score (nSPS) is 19.8. The summed E-state index contributed by atoms with van der Waals surface area (Å²) in [4.78, 5) is 0. The summed E-state index contributed by atoms with van der Waals surface area (Å²) in [5.74, 6) is -0.255. The van der Waals surface area contributed by atoms with E-state index in [9.17, 15) is 9.50 Å². The van der Waals surface area contributed by atoms with Crippen LogP contribution < -0.4 is 0 Å². The van der Waals surface area contributed by atoms with Crippen LogP contribution in [0.4, 0.5) is 4.39 Å². The minimum atomic E-state index is -0.511. The number of aryl methyl sites for hydroxylation is 1. The maximum absolute atomic E-state index is 13.3. The van der Waals surface area contributed by atoms with Gasteiger partial charge >= 0.3 is 0 Å². The quantitative estimate of drug-likeness (QED) is 0.661. The number of fused-ring (bicyclic) bond motifs is 1. The fraction of sp³-hybridized carbons (Fsp3) is 0.292. The lowest BCUT2D eigenvalue weighted by Gasteiger charge is -2.36. The van der Waals surface area contributed by atoms with Gasteiger partial charge in [0.05, 0.1) is 23.7 Å². The van der Waals surface area contributed by atoms with E-state index in [1.807, 2.05) is 42.1 Å². The summed E-state index contributed by atoms with van der Waals surface area (Å²) in [5, 5.41) is 15.4. The number of hydrogen-bond donors (Lipinski definition) is 1. The Labute approximate surface area is 165 Å². The molecule has 0 bridgehead atoms. The average Bonchev–Trinajstić information content (AvgIpc) is 3.05. The summed E-state index contributed by atoms with van der Waals surface area (Å²) in [6, 6.07) is 14.4. The maximum Gasteiger partial charge on any atom is 0.123 e. The summed E-state index contributed by atoms with van der Waals surface area (Å²) in [6.07, 6.45) is 5.00. The third-order valence-corrected chi connectivity index (χ3v) is 6.03. The Balaban J connectivity index is 1.63. The van der Waals surface area contributed by atoms with Crippen LogP contribution in [0.5, 0.6) is 0 Å². The predicted octanol–water partition coefficient (Wildman–Crippen LogP) is 5.41. The van der Waals surface area contributed by atoms with E-state index in [2.05, 4.69) is 25.0 Å². The molecule has 1 unspecified atom stereocenters. The molecule has 1 N–H and O–H groups in total. The first-order valence-electron chi connectivity index (χ1n) is 9.62. The molecule has 3 aromatic rings. The van der Waals surface area contributed by atoms with Crippen molar-refractivity contribution in [1.82, 2.24) is 9.78 Å². The van der Waals surface area contributed by atoms with Crippen molar-refractivity contribution in [2.75, 3.05) is 0 Å². The van der Waals surface area contributed by atoms with Crippen molar-refractivity contribution in [2.45, 2.75) is 39.7 Å². The van der Waals surface area contributed by atoms with E-state index in [1.165, 1.54) is 17.7 Å². The number of aromatic nitrogens is 2. The van der Waals surface area contributed by atoms with Crippen molar-refractivity contribution in [3.63, 3.8) is 0 Å². The van der Waals surface area contributed by atoms with Crippen LogP contribution in [0.15, 0.2) is 60.3 Å². The monoisotopic (exact) mass is 376 g/mol. The van der Waals surface area contributed by atoms with Crippen LogP contribution in [-0.4, -0.2) is 14.9 Å². The van der Waals surface area contributed by atoms with Gasteiger partial charge in [-0.3, -0.25) is 0 Å². The molecule has 1 aliphatic rings. The lowest BCUT2D eigenvalue weighted by atomic mass is 9.70. The lowest BCUT2D eigenvalue weighted by molar-refractivity contribution is 0.120. The molecule has 0 radical (unpaired) electrons. The number of halogens is 1. The molecule has 2 atom stereocenters. The molecule has 1 aromatic heterocycles. The van der Waals surface area contributed by atoms with Crippen LogP contribution in [0.3, 0.4) is 0 Å². The molecule has 0 amide bonds. The van der Waals surface area contributed by atoms with Crippen LogP contribution in [-0.2, 0) is 6.42 Å². The fourth-order valence-electron chi connectivity index (χ4n) is 4.14. The molecule has 0 fully saturated rings.